The lowest BCUT2D eigenvalue weighted by molar-refractivity contribution is 0.345. The smallest absolute Gasteiger partial charge is 0 e. The van der Waals surface area contributed by atoms with Crippen molar-refractivity contribution >= 4 is 0 Å². The molecule has 1 N–H and O–H groups in total. The molecule has 1 aliphatic carbocycles. The maximum atomic E-state index is 3.42. The topological polar surface area (TPSA) is 12.0 Å². The van der Waals surface area contributed by atoms with Crippen molar-refractivity contribution in [2.75, 3.05) is 13.1 Å². The van der Waals surface area contributed by atoms with Crippen LogP contribution in [-0.2, 0) is 0 Å². The second kappa shape index (κ2) is 4.73. The molecule has 1 heteroatoms. The zero-order valence-electron chi connectivity index (χ0n) is 7.03. The Labute approximate surface area is 65.7 Å². The molecule has 0 aliphatic heterocycles. The molecule has 0 aromatic heterocycles. The fourth-order valence-corrected chi connectivity index (χ4v) is 1.74. The Balaban J connectivity index is 0.000001000. The van der Waals surface area contributed by atoms with Crippen LogP contribution in [0.15, 0.2) is 0 Å². The Hall–Kier alpha value is -0.0400. The van der Waals surface area contributed by atoms with E-state index in [1.807, 2.05) is 0 Å². The molecule has 1 saturated carbocycles. The van der Waals surface area contributed by atoms with E-state index in [-0.39, 0.29) is 1.43 Å². The summed E-state index contributed by atoms with van der Waals surface area (Å²) in [5, 5.41) is 3.42. The summed E-state index contributed by atoms with van der Waals surface area (Å²) in [6, 6.07) is 0. The van der Waals surface area contributed by atoms with Crippen molar-refractivity contribution in [3.8, 4) is 0 Å². The largest absolute Gasteiger partial charge is 0.317 e. The van der Waals surface area contributed by atoms with Gasteiger partial charge in [0.15, 0.2) is 0 Å². The number of rotatable bonds is 3. The van der Waals surface area contributed by atoms with Crippen LogP contribution in [-0.4, -0.2) is 13.1 Å². The van der Waals surface area contributed by atoms with Gasteiger partial charge >= 0.3 is 0 Å². The Morgan fingerprint density at radius 3 is 2.60 bits per heavy atom. The summed E-state index contributed by atoms with van der Waals surface area (Å²) < 4.78 is 0. The van der Waals surface area contributed by atoms with Gasteiger partial charge in [0.25, 0.3) is 0 Å². The third-order valence-corrected chi connectivity index (χ3v) is 2.41. The van der Waals surface area contributed by atoms with Gasteiger partial charge in [0.1, 0.15) is 0 Å². The van der Waals surface area contributed by atoms with Gasteiger partial charge in [-0.1, -0.05) is 26.2 Å². The van der Waals surface area contributed by atoms with Crippen LogP contribution >= 0.6 is 0 Å². The SMILES string of the molecule is CCNCC1CCCCC1.[HH]. The minimum Gasteiger partial charge on any atom is -0.317 e. The van der Waals surface area contributed by atoms with Crippen LogP contribution in [0.2, 0.25) is 0 Å². The van der Waals surface area contributed by atoms with E-state index in [2.05, 4.69) is 12.2 Å². The van der Waals surface area contributed by atoms with Gasteiger partial charge in [0.2, 0.25) is 0 Å². The van der Waals surface area contributed by atoms with Gasteiger partial charge in [0.05, 0.1) is 0 Å². The van der Waals surface area contributed by atoms with E-state index >= 15 is 0 Å². The van der Waals surface area contributed by atoms with Crippen LogP contribution in [0.1, 0.15) is 40.5 Å². The molecule has 1 rings (SSSR count). The van der Waals surface area contributed by atoms with Crippen LogP contribution < -0.4 is 5.32 Å². The van der Waals surface area contributed by atoms with Crippen LogP contribution in [0, 0.1) is 5.92 Å². The van der Waals surface area contributed by atoms with Gasteiger partial charge in [-0.15, -0.1) is 0 Å². The molecule has 0 aromatic rings. The van der Waals surface area contributed by atoms with Crippen molar-refractivity contribution in [1.82, 2.24) is 5.32 Å². The highest BCUT2D eigenvalue weighted by atomic mass is 14.8. The number of hydrogen-bond donors (Lipinski definition) is 1. The van der Waals surface area contributed by atoms with E-state index in [0.29, 0.717) is 0 Å². The summed E-state index contributed by atoms with van der Waals surface area (Å²) in [5.74, 6) is 0.994. The van der Waals surface area contributed by atoms with Crippen LogP contribution in [0.3, 0.4) is 0 Å². The molecule has 0 amide bonds. The molecular weight excluding hydrogens is 122 g/mol. The summed E-state index contributed by atoms with van der Waals surface area (Å²) >= 11 is 0. The molecule has 0 bridgehead atoms. The second-order valence-corrected chi connectivity index (χ2v) is 3.31. The molecular formula is C9H21N. The van der Waals surface area contributed by atoms with E-state index < -0.39 is 0 Å². The van der Waals surface area contributed by atoms with Crippen molar-refractivity contribution in [2.24, 2.45) is 5.92 Å². The second-order valence-electron chi connectivity index (χ2n) is 3.31. The molecule has 1 fully saturated rings. The van der Waals surface area contributed by atoms with E-state index in [1.54, 1.807) is 0 Å². The Bertz CT molecular complexity index is 79.6. The minimum atomic E-state index is 0. The minimum absolute atomic E-state index is 0. The highest BCUT2D eigenvalue weighted by Gasteiger charge is 2.11. The third kappa shape index (κ3) is 2.70. The molecule has 0 heterocycles. The Morgan fingerprint density at radius 1 is 1.30 bits per heavy atom. The first-order valence-electron chi connectivity index (χ1n) is 4.64. The van der Waals surface area contributed by atoms with Crippen molar-refractivity contribution in [3.63, 3.8) is 0 Å². The summed E-state index contributed by atoms with van der Waals surface area (Å²) in [4.78, 5) is 0. The van der Waals surface area contributed by atoms with E-state index in [9.17, 15) is 0 Å². The van der Waals surface area contributed by atoms with Crippen molar-refractivity contribution in [3.05, 3.63) is 0 Å². The van der Waals surface area contributed by atoms with Gasteiger partial charge < -0.3 is 5.32 Å². The zero-order valence-corrected chi connectivity index (χ0v) is 7.03. The van der Waals surface area contributed by atoms with Crippen LogP contribution in [0.25, 0.3) is 0 Å². The Kier molecular flexibility index (Phi) is 3.81. The maximum absolute atomic E-state index is 3.42. The summed E-state index contributed by atoms with van der Waals surface area (Å²) in [5.41, 5.74) is 0. The van der Waals surface area contributed by atoms with Gasteiger partial charge in [-0.05, 0) is 31.8 Å². The standard InChI is InChI=1S/C9H19N.H2/c1-2-10-8-9-6-4-3-5-7-9;/h9-10H,2-8H2,1H3;1H. The first-order chi connectivity index (χ1) is 4.93. The molecule has 1 aliphatic rings. The van der Waals surface area contributed by atoms with E-state index in [1.165, 1.54) is 38.6 Å². The van der Waals surface area contributed by atoms with Crippen molar-refractivity contribution < 1.29 is 1.43 Å². The molecule has 0 spiro atoms. The molecule has 0 aromatic carbocycles. The molecule has 0 saturated heterocycles. The van der Waals surface area contributed by atoms with Gasteiger partial charge in [0, 0.05) is 1.43 Å². The lowest BCUT2D eigenvalue weighted by Gasteiger charge is -2.21. The Morgan fingerprint density at radius 2 is 2.00 bits per heavy atom. The van der Waals surface area contributed by atoms with Crippen LogP contribution in [0.4, 0.5) is 0 Å². The van der Waals surface area contributed by atoms with Gasteiger partial charge in [-0.3, -0.25) is 0 Å². The summed E-state index contributed by atoms with van der Waals surface area (Å²) in [6.45, 7) is 4.58. The first-order valence-corrected chi connectivity index (χ1v) is 4.64. The third-order valence-electron chi connectivity index (χ3n) is 2.41. The van der Waals surface area contributed by atoms with E-state index in [4.69, 9.17) is 0 Å². The lowest BCUT2D eigenvalue weighted by atomic mass is 9.89. The molecule has 62 valence electrons. The predicted octanol–water partition coefficient (Wildman–Crippen LogP) is 2.42. The van der Waals surface area contributed by atoms with Gasteiger partial charge in [-0.2, -0.15) is 0 Å². The molecule has 0 atom stereocenters. The fourth-order valence-electron chi connectivity index (χ4n) is 1.74. The monoisotopic (exact) mass is 143 g/mol. The highest BCUT2D eigenvalue weighted by Crippen LogP contribution is 2.22. The summed E-state index contributed by atoms with van der Waals surface area (Å²) in [7, 11) is 0. The molecule has 0 radical (unpaired) electrons. The quantitative estimate of drug-likeness (QED) is 0.640. The maximum Gasteiger partial charge on any atom is 0 e. The summed E-state index contributed by atoms with van der Waals surface area (Å²) in [6.07, 6.45) is 7.34. The van der Waals surface area contributed by atoms with Crippen LogP contribution in [0.5, 0.6) is 0 Å². The molecule has 1 nitrogen and oxygen atoms in total. The highest BCUT2D eigenvalue weighted by molar-refractivity contribution is 4.67. The fraction of sp³-hybridized carbons (Fsp3) is 1.00. The number of hydrogen-bond acceptors (Lipinski definition) is 1. The zero-order chi connectivity index (χ0) is 7.23. The normalized spacial score (nSPS) is 21.3. The average molecular weight is 143 g/mol. The molecule has 10 heavy (non-hydrogen) atoms. The predicted molar refractivity (Wildman–Crippen MR) is 47.2 cm³/mol. The van der Waals surface area contributed by atoms with Gasteiger partial charge in [-0.25, -0.2) is 0 Å². The van der Waals surface area contributed by atoms with Crippen molar-refractivity contribution in [1.29, 1.82) is 0 Å². The first kappa shape index (κ1) is 8.06. The number of nitrogens with one attached hydrogen (secondary N) is 1. The van der Waals surface area contributed by atoms with Crippen molar-refractivity contribution in [2.45, 2.75) is 39.0 Å². The van der Waals surface area contributed by atoms with E-state index in [0.717, 1.165) is 12.5 Å². The molecule has 0 unspecified atom stereocenters. The average Bonchev–Trinajstić information content (AvgIpc) is 2.03. The lowest BCUT2D eigenvalue weighted by Crippen LogP contribution is -2.23.